The molecule has 0 saturated carbocycles. The zero-order valence-electron chi connectivity index (χ0n) is 9.45. The van der Waals surface area contributed by atoms with Crippen molar-refractivity contribution in [3.8, 4) is 0 Å². The summed E-state index contributed by atoms with van der Waals surface area (Å²) in [4.78, 5) is 0. The molecule has 0 aliphatic rings. The zero-order chi connectivity index (χ0) is 11.1. The smallest absolute Gasteiger partial charge is 0.0612 e. The van der Waals surface area contributed by atoms with Crippen molar-refractivity contribution in [2.24, 2.45) is 0 Å². The molecule has 2 heteroatoms. The largest absolute Gasteiger partial charge is 0.396 e. The Labute approximate surface area is 88.0 Å². The summed E-state index contributed by atoms with van der Waals surface area (Å²) >= 11 is 0. The molecule has 0 saturated heterocycles. The van der Waals surface area contributed by atoms with Crippen LogP contribution in [0.15, 0.2) is 24.3 Å². The van der Waals surface area contributed by atoms with E-state index >= 15 is 0 Å². The Morgan fingerprint density at radius 1 is 0.857 bits per heavy atom. The summed E-state index contributed by atoms with van der Waals surface area (Å²) in [6.45, 7) is 4.64. The van der Waals surface area contributed by atoms with Gasteiger partial charge in [0.1, 0.15) is 0 Å². The Hall–Kier alpha value is -0.600. The molecule has 0 heterocycles. The molecular formula is C12H24O2. The number of unbranched alkanes of at least 4 members (excludes halogenated alkanes) is 1. The van der Waals surface area contributed by atoms with E-state index < -0.39 is 0 Å². The molecule has 14 heavy (non-hydrogen) atoms. The van der Waals surface area contributed by atoms with E-state index in [0.717, 1.165) is 25.7 Å². The second kappa shape index (κ2) is 18.2. The van der Waals surface area contributed by atoms with Crippen LogP contribution < -0.4 is 0 Å². The molecule has 0 spiro atoms. The van der Waals surface area contributed by atoms with Gasteiger partial charge in [-0.25, -0.2) is 0 Å². The van der Waals surface area contributed by atoms with Crippen molar-refractivity contribution < 1.29 is 10.2 Å². The maximum Gasteiger partial charge on any atom is 0.0612 e. The Bertz CT molecular complexity index is 112. The number of hydrogen-bond donors (Lipinski definition) is 2. The summed E-state index contributed by atoms with van der Waals surface area (Å²) in [6, 6.07) is 0. The van der Waals surface area contributed by atoms with E-state index in [1.165, 1.54) is 0 Å². The molecule has 0 fully saturated rings. The topological polar surface area (TPSA) is 40.5 Å². The summed E-state index contributed by atoms with van der Waals surface area (Å²) < 4.78 is 0. The molecule has 2 nitrogen and oxygen atoms in total. The van der Waals surface area contributed by atoms with Crippen LogP contribution in [0.1, 0.15) is 39.5 Å². The first-order valence-corrected chi connectivity index (χ1v) is 5.35. The van der Waals surface area contributed by atoms with Gasteiger partial charge in [0.2, 0.25) is 0 Å². The molecule has 0 aromatic heterocycles. The fourth-order valence-corrected chi connectivity index (χ4v) is 0.718. The summed E-state index contributed by atoms with van der Waals surface area (Å²) in [5.41, 5.74) is 0. The van der Waals surface area contributed by atoms with Crippen LogP contribution in [0.5, 0.6) is 0 Å². The van der Waals surface area contributed by atoms with Crippen molar-refractivity contribution in [2.45, 2.75) is 39.5 Å². The van der Waals surface area contributed by atoms with E-state index in [2.05, 4.69) is 19.9 Å². The number of rotatable bonds is 6. The molecule has 0 rings (SSSR count). The molecule has 0 aliphatic carbocycles. The second-order valence-electron chi connectivity index (χ2n) is 2.83. The maximum atomic E-state index is 8.24. The highest BCUT2D eigenvalue weighted by molar-refractivity contribution is 4.79. The van der Waals surface area contributed by atoms with Crippen LogP contribution >= 0.6 is 0 Å². The molecule has 84 valence electrons. The van der Waals surface area contributed by atoms with Gasteiger partial charge in [-0.2, -0.15) is 0 Å². The Morgan fingerprint density at radius 2 is 1.50 bits per heavy atom. The lowest BCUT2D eigenvalue weighted by molar-refractivity contribution is 0.302. The second-order valence-corrected chi connectivity index (χ2v) is 2.83. The van der Waals surface area contributed by atoms with Crippen LogP contribution in [0.2, 0.25) is 0 Å². The summed E-state index contributed by atoms with van der Waals surface area (Å²) in [5.74, 6) is 0. The van der Waals surface area contributed by atoms with Crippen LogP contribution in [0, 0.1) is 0 Å². The zero-order valence-corrected chi connectivity index (χ0v) is 9.45. The third-order valence-corrected chi connectivity index (χ3v) is 1.43. The minimum absolute atomic E-state index is 0.181. The molecule has 0 bridgehead atoms. The van der Waals surface area contributed by atoms with Crippen LogP contribution in [0.4, 0.5) is 0 Å². The highest BCUT2D eigenvalue weighted by Gasteiger charge is 1.69. The predicted molar refractivity (Wildman–Crippen MR) is 62.3 cm³/mol. The first kappa shape index (κ1) is 15.9. The van der Waals surface area contributed by atoms with E-state index in [0.29, 0.717) is 0 Å². The van der Waals surface area contributed by atoms with Crippen LogP contribution in [0.25, 0.3) is 0 Å². The first-order valence-electron chi connectivity index (χ1n) is 5.35. The van der Waals surface area contributed by atoms with E-state index in [1.807, 2.05) is 12.2 Å². The van der Waals surface area contributed by atoms with Crippen molar-refractivity contribution in [1.29, 1.82) is 0 Å². The molecule has 0 radical (unpaired) electrons. The summed E-state index contributed by atoms with van der Waals surface area (Å²) in [6.07, 6.45) is 11.9. The molecule has 0 atom stereocenters. The van der Waals surface area contributed by atoms with Crippen molar-refractivity contribution in [3.05, 3.63) is 24.3 Å². The minimum atomic E-state index is 0.181. The molecule has 0 aromatic carbocycles. The fourth-order valence-electron chi connectivity index (χ4n) is 0.718. The van der Waals surface area contributed by atoms with E-state index in [-0.39, 0.29) is 13.2 Å². The fraction of sp³-hybridized carbons (Fsp3) is 0.667. The van der Waals surface area contributed by atoms with E-state index in [9.17, 15) is 0 Å². The van der Waals surface area contributed by atoms with E-state index in [1.54, 1.807) is 6.08 Å². The number of hydrogen-bond acceptors (Lipinski definition) is 2. The lowest BCUT2D eigenvalue weighted by Crippen LogP contribution is -1.73. The van der Waals surface area contributed by atoms with Gasteiger partial charge in [0, 0.05) is 6.61 Å². The van der Waals surface area contributed by atoms with Crippen molar-refractivity contribution in [2.75, 3.05) is 13.2 Å². The third-order valence-electron chi connectivity index (χ3n) is 1.43. The normalized spacial score (nSPS) is 10.6. The molecule has 2 N–H and O–H groups in total. The van der Waals surface area contributed by atoms with Gasteiger partial charge in [-0.05, 0) is 19.3 Å². The summed E-state index contributed by atoms with van der Waals surface area (Å²) in [5, 5.41) is 16.4. The monoisotopic (exact) mass is 200 g/mol. The van der Waals surface area contributed by atoms with Gasteiger partial charge in [-0.1, -0.05) is 44.6 Å². The van der Waals surface area contributed by atoms with Crippen molar-refractivity contribution in [1.82, 2.24) is 0 Å². The molecular weight excluding hydrogens is 176 g/mol. The predicted octanol–water partition coefficient (Wildman–Crippen LogP) is 2.67. The lowest BCUT2D eigenvalue weighted by atomic mass is 10.3. The molecule has 0 unspecified atom stereocenters. The van der Waals surface area contributed by atoms with Gasteiger partial charge < -0.3 is 10.2 Å². The highest BCUT2D eigenvalue weighted by atomic mass is 16.3. The van der Waals surface area contributed by atoms with E-state index in [4.69, 9.17) is 10.2 Å². The van der Waals surface area contributed by atoms with Gasteiger partial charge >= 0.3 is 0 Å². The van der Waals surface area contributed by atoms with Crippen LogP contribution in [-0.4, -0.2) is 23.4 Å². The molecule has 0 amide bonds. The SMILES string of the molecule is CC/C=C\CCO.CCC/C=C/CO. The maximum absolute atomic E-state index is 8.24. The average molecular weight is 200 g/mol. The van der Waals surface area contributed by atoms with Crippen molar-refractivity contribution in [3.63, 3.8) is 0 Å². The van der Waals surface area contributed by atoms with Gasteiger partial charge in [0.25, 0.3) is 0 Å². The third kappa shape index (κ3) is 22.5. The van der Waals surface area contributed by atoms with Crippen LogP contribution in [0.3, 0.4) is 0 Å². The number of aliphatic hydroxyl groups is 2. The minimum Gasteiger partial charge on any atom is -0.396 e. The lowest BCUT2D eigenvalue weighted by Gasteiger charge is -1.79. The molecule has 0 aliphatic heterocycles. The quantitative estimate of drug-likeness (QED) is 0.647. The van der Waals surface area contributed by atoms with Crippen molar-refractivity contribution >= 4 is 0 Å². The standard InChI is InChI=1S/2C6H12O/c2*1-2-3-4-5-6-7/h4-5,7H,2-3,6H2,1H3;3-4,7H,2,5-6H2,1H3/b5-4+;4-3-. The Kier molecular flexibility index (Phi) is 20.7. The average Bonchev–Trinajstić information content (AvgIpc) is 2.21. The van der Waals surface area contributed by atoms with Gasteiger partial charge in [0.05, 0.1) is 6.61 Å². The summed E-state index contributed by atoms with van der Waals surface area (Å²) in [7, 11) is 0. The van der Waals surface area contributed by atoms with Gasteiger partial charge in [-0.15, -0.1) is 0 Å². The Balaban J connectivity index is 0. The molecule has 0 aromatic rings. The first-order chi connectivity index (χ1) is 6.83. The van der Waals surface area contributed by atoms with Gasteiger partial charge in [0.15, 0.2) is 0 Å². The Morgan fingerprint density at radius 3 is 1.93 bits per heavy atom. The number of allylic oxidation sites excluding steroid dienone is 2. The van der Waals surface area contributed by atoms with Gasteiger partial charge in [-0.3, -0.25) is 0 Å². The van der Waals surface area contributed by atoms with Crippen LogP contribution in [-0.2, 0) is 0 Å². The number of aliphatic hydroxyl groups excluding tert-OH is 2. The highest BCUT2D eigenvalue weighted by Crippen LogP contribution is 1.86.